The summed E-state index contributed by atoms with van der Waals surface area (Å²) in [6, 6.07) is 2.65. The molecule has 0 aliphatic heterocycles. The summed E-state index contributed by atoms with van der Waals surface area (Å²) in [7, 11) is 3.20. The highest BCUT2D eigenvalue weighted by atomic mass is 19.1. The van der Waals surface area contributed by atoms with Crippen molar-refractivity contribution in [1.82, 2.24) is 0 Å². The van der Waals surface area contributed by atoms with Gasteiger partial charge in [-0.3, -0.25) is 4.79 Å². The normalized spacial score (nSPS) is 9.80. The summed E-state index contributed by atoms with van der Waals surface area (Å²) < 4.78 is 13.5. The first-order chi connectivity index (χ1) is 6.99. The molecule has 0 aromatic heterocycles. The van der Waals surface area contributed by atoms with Crippen LogP contribution < -0.4 is 4.90 Å². The molecule has 0 atom stereocenters. The van der Waals surface area contributed by atoms with Crippen LogP contribution in [0.25, 0.3) is 0 Å². The summed E-state index contributed by atoms with van der Waals surface area (Å²) in [5.74, 6) is -2.39. The number of hydrogen-bond acceptors (Lipinski definition) is 3. The number of aromatic carboxylic acids is 1. The molecule has 0 aliphatic carbocycles. The fourth-order valence-corrected chi connectivity index (χ4v) is 1.25. The predicted octanol–water partition coefficient (Wildman–Crippen LogP) is 1.40. The third-order valence-electron chi connectivity index (χ3n) is 1.97. The largest absolute Gasteiger partial charge is 0.478 e. The maximum atomic E-state index is 13.5. The number of carboxylic acids is 1. The summed E-state index contributed by atoms with van der Waals surface area (Å²) in [4.78, 5) is 22.7. The quantitative estimate of drug-likeness (QED) is 0.768. The lowest BCUT2D eigenvalue weighted by atomic mass is 10.1. The van der Waals surface area contributed by atoms with Gasteiger partial charge in [0.05, 0.1) is 11.3 Å². The average molecular weight is 211 g/mol. The smallest absolute Gasteiger partial charge is 0.340 e. The highest BCUT2D eigenvalue weighted by Gasteiger charge is 2.20. The van der Waals surface area contributed by atoms with Crippen molar-refractivity contribution in [3.05, 3.63) is 29.1 Å². The van der Waals surface area contributed by atoms with E-state index in [1.165, 1.54) is 17.0 Å². The van der Waals surface area contributed by atoms with Gasteiger partial charge in [0.1, 0.15) is 11.4 Å². The van der Waals surface area contributed by atoms with Gasteiger partial charge in [-0.2, -0.15) is 0 Å². The van der Waals surface area contributed by atoms with Crippen LogP contribution in [0.4, 0.5) is 10.1 Å². The topological polar surface area (TPSA) is 57.6 Å². The van der Waals surface area contributed by atoms with Crippen LogP contribution in [0.1, 0.15) is 20.7 Å². The molecule has 0 aliphatic rings. The molecule has 0 unspecified atom stereocenters. The van der Waals surface area contributed by atoms with Gasteiger partial charge in [0, 0.05) is 14.1 Å². The van der Waals surface area contributed by atoms with Gasteiger partial charge >= 0.3 is 5.97 Å². The number of carbonyl (C=O) groups is 2. The third kappa shape index (κ3) is 1.96. The third-order valence-corrected chi connectivity index (χ3v) is 1.97. The monoisotopic (exact) mass is 211 g/mol. The number of benzene rings is 1. The standard InChI is InChI=1S/C10H10FNO3/c1-12(2)7-4-3-6(5-13)9(11)8(7)10(14)15/h3-5H,1-2H3,(H,14,15). The molecule has 1 aromatic rings. The van der Waals surface area contributed by atoms with Crippen LogP contribution in [0.2, 0.25) is 0 Å². The lowest BCUT2D eigenvalue weighted by Crippen LogP contribution is -2.16. The number of nitrogens with zero attached hydrogens (tertiary/aromatic N) is 1. The molecule has 0 fully saturated rings. The zero-order valence-electron chi connectivity index (χ0n) is 8.32. The van der Waals surface area contributed by atoms with Crippen LogP contribution in [0, 0.1) is 5.82 Å². The first kappa shape index (κ1) is 11.2. The van der Waals surface area contributed by atoms with Crippen molar-refractivity contribution in [1.29, 1.82) is 0 Å². The fourth-order valence-electron chi connectivity index (χ4n) is 1.25. The minimum atomic E-state index is -1.39. The molecule has 0 saturated carbocycles. The van der Waals surface area contributed by atoms with E-state index < -0.39 is 17.3 Å². The number of hydrogen-bond donors (Lipinski definition) is 1. The summed E-state index contributed by atoms with van der Waals surface area (Å²) in [6.07, 6.45) is 0.293. The van der Waals surface area contributed by atoms with Gasteiger partial charge in [-0.15, -0.1) is 0 Å². The van der Waals surface area contributed by atoms with Crippen molar-refractivity contribution < 1.29 is 19.1 Å². The Morgan fingerprint density at radius 3 is 2.47 bits per heavy atom. The second-order valence-electron chi connectivity index (χ2n) is 3.18. The number of halogens is 1. The van der Waals surface area contributed by atoms with E-state index in [0.717, 1.165) is 0 Å². The zero-order chi connectivity index (χ0) is 11.6. The molecule has 80 valence electrons. The fraction of sp³-hybridized carbons (Fsp3) is 0.200. The van der Waals surface area contributed by atoms with Crippen molar-refractivity contribution in [2.75, 3.05) is 19.0 Å². The van der Waals surface area contributed by atoms with Gasteiger partial charge in [-0.05, 0) is 12.1 Å². The Morgan fingerprint density at radius 2 is 2.07 bits per heavy atom. The van der Waals surface area contributed by atoms with Crippen molar-refractivity contribution >= 4 is 17.9 Å². The van der Waals surface area contributed by atoms with Crippen LogP contribution in [-0.4, -0.2) is 31.5 Å². The second-order valence-corrected chi connectivity index (χ2v) is 3.18. The molecular formula is C10H10FNO3. The number of anilines is 1. The Labute approximate surface area is 85.9 Å². The Balaban J connectivity index is 3.51. The van der Waals surface area contributed by atoms with Gasteiger partial charge in [0.15, 0.2) is 6.29 Å². The van der Waals surface area contributed by atoms with Crippen molar-refractivity contribution in [3.63, 3.8) is 0 Å². The Morgan fingerprint density at radius 1 is 1.47 bits per heavy atom. The van der Waals surface area contributed by atoms with Crippen molar-refractivity contribution in [3.8, 4) is 0 Å². The maximum absolute atomic E-state index is 13.5. The molecule has 1 aromatic carbocycles. The summed E-state index contributed by atoms with van der Waals surface area (Å²) >= 11 is 0. The number of aldehydes is 1. The van der Waals surface area contributed by atoms with Crippen LogP contribution >= 0.6 is 0 Å². The zero-order valence-corrected chi connectivity index (χ0v) is 8.32. The minimum absolute atomic E-state index is 0.227. The SMILES string of the molecule is CN(C)c1ccc(C=O)c(F)c1C(=O)O. The molecular weight excluding hydrogens is 201 g/mol. The van der Waals surface area contributed by atoms with E-state index in [1.54, 1.807) is 14.1 Å². The molecule has 0 saturated heterocycles. The molecule has 0 heterocycles. The molecule has 1 rings (SSSR count). The molecule has 5 heteroatoms. The summed E-state index contributed by atoms with van der Waals surface area (Å²) in [5.41, 5.74) is -0.506. The highest BCUT2D eigenvalue weighted by Crippen LogP contribution is 2.23. The first-order valence-corrected chi connectivity index (χ1v) is 4.17. The lowest BCUT2D eigenvalue weighted by Gasteiger charge is -2.16. The molecule has 0 spiro atoms. The summed E-state index contributed by atoms with van der Waals surface area (Å²) in [5, 5.41) is 8.83. The average Bonchev–Trinajstić information content (AvgIpc) is 2.16. The van der Waals surface area contributed by atoms with E-state index in [-0.39, 0.29) is 11.3 Å². The van der Waals surface area contributed by atoms with Gasteiger partial charge < -0.3 is 10.0 Å². The van der Waals surface area contributed by atoms with Crippen LogP contribution in [0.15, 0.2) is 12.1 Å². The Kier molecular flexibility index (Phi) is 3.04. The van der Waals surface area contributed by atoms with E-state index in [1.807, 2.05) is 0 Å². The Hall–Kier alpha value is -1.91. The maximum Gasteiger partial charge on any atom is 0.340 e. The molecule has 0 radical (unpaired) electrons. The molecule has 4 nitrogen and oxygen atoms in total. The number of rotatable bonds is 3. The first-order valence-electron chi connectivity index (χ1n) is 4.17. The molecule has 0 bridgehead atoms. The number of carbonyl (C=O) groups excluding carboxylic acids is 1. The second kappa shape index (κ2) is 4.08. The lowest BCUT2D eigenvalue weighted by molar-refractivity contribution is 0.0692. The molecule has 0 amide bonds. The predicted molar refractivity (Wildman–Crippen MR) is 53.1 cm³/mol. The molecule has 15 heavy (non-hydrogen) atoms. The van der Waals surface area contributed by atoms with Crippen LogP contribution in [0.5, 0.6) is 0 Å². The summed E-state index contributed by atoms with van der Waals surface area (Å²) in [6.45, 7) is 0. The van der Waals surface area contributed by atoms with Gasteiger partial charge in [-0.1, -0.05) is 0 Å². The molecule has 1 N–H and O–H groups in total. The van der Waals surface area contributed by atoms with Gasteiger partial charge in [0.2, 0.25) is 0 Å². The van der Waals surface area contributed by atoms with Crippen LogP contribution in [-0.2, 0) is 0 Å². The van der Waals surface area contributed by atoms with Crippen molar-refractivity contribution in [2.45, 2.75) is 0 Å². The van der Waals surface area contributed by atoms with Gasteiger partial charge in [0.25, 0.3) is 0 Å². The van der Waals surface area contributed by atoms with Crippen molar-refractivity contribution in [2.24, 2.45) is 0 Å². The Bertz CT molecular complexity index is 415. The minimum Gasteiger partial charge on any atom is -0.478 e. The van der Waals surface area contributed by atoms with Crippen LogP contribution in [0.3, 0.4) is 0 Å². The highest BCUT2D eigenvalue weighted by molar-refractivity contribution is 5.97. The van der Waals surface area contributed by atoms with E-state index in [0.29, 0.717) is 6.29 Å². The van der Waals surface area contributed by atoms with E-state index >= 15 is 0 Å². The van der Waals surface area contributed by atoms with E-state index in [9.17, 15) is 14.0 Å². The number of carboxylic acid groups (broad SMARTS) is 1. The van der Waals surface area contributed by atoms with E-state index in [2.05, 4.69) is 0 Å². The van der Waals surface area contributed by atoms with E-state index in [4.69, 9.17) is 5.11 Å². The van der Waals surface area contributed by atoms with Gasteiger partial charge in [-0.25, -0.2) is 9.18 Å².